The number of hydrogen-bond donors (Lipinski definition) is 2. The van der Waals surface area contributed by atoms with Crippen molar-refractivity contribution < 1.29 is 15.1 Å². The Kier molecular flexibility index (Phi) is 2.39. The number of rotatable bonds is 2. The van der Waals surface area contributed by atoms with Crippen LogP contribution in [0.2, 0.25) is 0 Å². The highest BCUT2D eigenvalue weighted by Crippen LogP contribution is 2.25. The van der Waals surface area contributed by atoms with E-state index in [0.29, 0.717) is 4.88 Å². The zero-order valence-corrected chi connectivity index (χ0v) is 8.36. The number of carbonyl (C=O) groups is 1. The Bertz CT molecular complexity index is 511. The van der Waals surface area contributed by atoms with Gasteiger partial charge in [0, 0.05) is 4.70 Å². The van der Waals surface area contributed by atoms with Crippen molar-refractivity contribution in [2.45, 2.75) is 0 Å². The van der Waals surface area contributed by atoms with Gasteiger partial charge in [0.25, 0.3) is 0 Å². The van der Waals surface area contributed by atoms with Crippen molar-refractivity contribution in [3.8, 4) is 0 Å². The SMILES string of the molecule is O=C(O)C(=NO)c1cc2ccccc2s1. The van der Waals surface area contributed by atoms with Crippen molar-refractivity contribution in [3.05, 3.63) is 35.2 Å². The van der Waals surface area contributed by atoms with E-state index in [1.807, 2.05) is 24.3 Å². The molecule has 1 heterocycles. The third kappa shape index (κ3) is 1.69. The fourth-order valence-corrected chi connectivity index (χ4v) is 2.34. The Labute approximate surface area is 89.1 Å². The second-order valence-electron chi connectivity index (χ2n) is 2.90. The Hall–Kier alpha value is -1.88. The second kappa shape index (κ2) is 3.70. The van der Waals surface area contributed by atoms with E-state index in [2.05, 4.69) is 5.16 Å². The van der Waals surface area contributed by atoms with Gasteiger partial charge in [-0.05, 0) is 17.5 Å². The highest BCUT2D eigenvalue weighted by molar-refractivity contribution is 7.21. The number of thiophene rings is 1. The van der Waals surface area contributed by atoms with Gasteiger partial charge < -0.3 is 10.3 Å². The van der Waals surface area contributed by atoms with Gasteiger partial charge >= 0.3 is 5.97 Å². The van der Waals surface area contributed by atoms with Crippen LogP contribution in [0.4, 0.5) is 0 Å². The van der Waals surface area contributed by atoms with E-state index in [1.54, 1.807) is 6.07 Å². The summed E-state index contributed by atoms with van der Waals surface area (Å²) in [5.41, 5.74) is -0.323. The molecule has 0 saturated carbocycles. The Morgan fingerprint density at radius 3 is 2.67 bits per heavy atom. The molecule has 0 aliphatic carbocycles. The van der Waals surface area contributed by atoms with E-state index >= 15 is 0 Å². The predicted octanol–water partition coefficient (Wildman–Crippen LogP) is 2.16. The van der Waals surface area contributed by atoms with Crippen molar-refractivity contribution in [1.82, 2.24) is 0 Å². The summed E-state index contributed by atoms with van der Waals surface area (Å²) in [6, 6.07) is 9.21. The highest BCUT2D eigenvalue weighted by atomic mass is 32.1. The third-order valence-corrected chi connectivity index (χ3v) is 3.08. The maximum atomic E-state index is 10.7. The number of nitrogens with zero attached hydrogens (tertiary/aromatic N) is 1. The molecule has 5 heteroatoms. The Morgan fingerprint density at radius 1 is 1.33 bits per heavy atom. The largest absolute Gasteiger partial charge is 0.476 e. The molecule has 0 atom stereocenters. The molecule has 0 bridgehead atoms. The molecule has 2 aromatic rings. The number of fused-ring (bicyclic) bond motifs is 1. The van der Waals surface area contributed by atoms with Crippen molar-refractivity contribution in [1.29, 1.82) is 0 Å². The summed E-state index contributed by atoms with van der Waals surface area (Å²) in [5, 5.41) is 21.1. The van der Waals surface area contributed by atoms with Gasteiger partial charge in [-0.2, -0.15) is 0 Å². The summed E-state index contributed by atoms with van der Waals surface area (Å²) in [6.45, 7) is 0. The average Bonchev–Trinajstić information content (AvgIpc) is 2.61. The lowest BCUT2D eigenvalue weighted by Gasteiger charge is -1.91. The van der Waals surface area contributed by atoms with Crippen molar-refractivity contribution in [2.75, 3.05) is 0 Å². The van der Waals surface area contributed by atoms with Gasteiger partial charge in [-0.3, -0.25) is 0 Å². The molecular formula is C10H7NO3S. The summed E-state index contributed by atoms with van der Waals surface area (Å²) < 4.78 is 0.968. The average molecular weight is 221 g/mol. The van der Waals surface area contributed by atoms with Gasteiger partial charge in [0.2, 0.25) is 5.71 Å². The topological polar surface area (TPSA) is 69.9 Å². The quantitative estimate of drug-likeness (QED) is 0.464. The van der Waals surface area contributed by atoms with Crippen LogP contribution in [0.25, 0.3) is 10.1 Å². The Morgan fingerprint density at radius 2 is 2.07 bits per heavy atom. The van der Waals surface area contributed by atoms with Crippen LogP contribution in [0.15, 0.2) is 35.5 Å². The lowest BCUT2D eigenvalue weighted by atomic mass is 10.2. The van der Waals surface area contributed by atoms with Crippen LogP contribution in [0, 0.1) is 0 Å². The number of oxime groups is 1. The summed E-state index contributed by atoms with van der Waals surface area (Å²) in [6.07, 6.45) is 0. The molecule has 0 radical (unpaired) electrons. The number of hydrogen-bond acceptors (Lipinski definition) is 4. The minimum absolute atomic E-state index is 0.323. The van der Waals surface area contributed by atoms with Crippen LogP contribution >= 0.6 is 11.3 Å². The zero-order chi connectivity index (χ0) is 10.8. The first kappa shape index (κ1) is 9.67. The van der Waals surface area contributed by atoms with E-state index in [4.69, 9.17) is 10.3 Å². The molecule has 0 unspecified atom stereocenters. The second-order valence-corrected chi connectivity index (χ2v) is 3.99. The minimum atomic E-state index is -1.23. The van der Waals surface area contributed by atoms with Crippen molar-refractivity contribution in [3.63, 3.8) is 0 Å². The zero-order valence-electron chi connectivity index (χ0n) is 7.54. The normalized spacial score (nSPS) is 11.9. The van der Waals surface area contributed by atoms with E-state index in [1.165, 1.54) is 11.3 Å². The maximum absolute atomic E-state index is 10.7. The summed E-state index contributed by atoms with van der Waals surface area (Å²) >= 11 is 1.29. The number of benzene rings is 1. The van der Waals surface area contributed by atoms with Gasteiger partial charge in [-0.25, -0.2) is 4.79 Å². The fraction of sp³-hybridized carbons (Fsp3) is 0. The molecule has 0 spiro atoms. The molecule has 0 amide bonds. The number of carboxylic acids is 1. The minimum Gasteiger partial charge on any atom is -0.476 e. The van der Waals surface area contributed by atoms with Crippen molar-refractivity contribution in [2.24, 2.45) is 5.16 Å². The lowest BCUT2D eigenvalue weighted by Crippen LogP contribution is -2.12. The monoisotopic (exact) mass is 221 g/mol. The van der Waals surface area contributed by atoms with Crippen LogP contribution < -0.4 is 0 Å². The van der Waals surface area contributed by atoms with Crippen LogP contribution in [0.1, 0.15) is 4.88 Å². The van der Waals surface area contributed by atoms with Crippen molar-refractivity contribution >= 4 is 33.1 Å². The predicted molar refractivity (Wildman–Crippen MR) is 57.8 cm³/mol. The standard InChI is InChI=1S/C10H7NO3S/c12-10(13)9(11-14)8-5-6-3-1-2-4-7(6)15-8/h1-5,14H,(H,12,13). The molecule has 0 fully saturated rings. The van der Waals surface area contributed by atoms with Gasteiger partial charge in [0.15, 0.2) is 0 Å². The maximum Gasteiger partial charge on any atom is 0.359 e. The molecule has 1 aromatic heterocycles. The van der Waals surface area contributed by atoms with E-state index in [0.717, 1.165) is 10.1 Å². The molecule has 2 N–H and O–H groups in total. The first-order valence-electron chi connectivity index (χ1n) is 4.16. The highest BCUT2D eigenvalue weighted by Gasteiger charge is 2.15. The molecule has 76 valence electrons. The summed E-state index contributed by atoms with van der Waals surface area (Å²) in [4.78, 5) is 11.2. The smallest absolute Gasteiger partial charge is 0.359 e. The lowest BCUT2D eigenvalue weighted by molar-refractivity contribution is -0.129. The van der Waals surface area contributed by atoms with Crippen LogP contribution in [0.3, 0.4) is 0 Å². The molecule has 0 aliphatic rings. The molecule has 0 saturated heterocycles. The Balaban J connectivity index is 2.58. The summed E-state index contributed by atoms with van der Waals surface area (Å²) in [5.74, 6) is -1.23. The van der Waals surface area contributed by atoms with Gasteiger partial charge in [0.1, 0.15) is 0 Å². The summed E-state index contributed by atoms with van der Waals surface area (Å²) in [7, 11) is 0. The molecule has 4 nitrogen and oxygen atoms in total. The molecule has 0 aliphatic heterocycles. The van der Waals surface area contributed by atoms with Crippen LogP contribution in [-0.4, -0.2) is 22.0 Å². The van der Waals surface area contributed by atoms with Gasteiger partial charge in [0.05, 0.1) is 4.88 Å². The van der Waals surface area contributed by atoms with Gasteiger partial charge in [-0.15, -0.1) is 11.3 Å². The van der Waals surface area contributed by atoms with Crippen LogP contribution in [0.5, 0.6) is 0 Å². The van der Waals surface area contributed by atoms with E-state index in [9.17, 15) is 4.79 Å². The third-order valence-electron chi connectivity index (χ3n) is 1.96. The molecule has 1 aromatic carbocycles. The van der Waals surface area contributed by atoms with E-state index < -0.39 is 5.97 Å². The van der Waals surface area contributed by atoms with Crippen LogP contribution in [-0.2, 0) is 4.79 Å². The first-order valence-corrected chi connectivity index (χ1v) is 4.98. The number of carboxylic acid groups (broad SMARTS) is 1. The van der Waals surface area contributed by atoms with E-state index in [-0.39, 0.29) is 5.71 Å². The molecular weight excluding hydrogens is 214 g/mol. The molecule has 15 heavy (non-hydrogen) atoms. The first-order chi connectivity index (χ1) is 7.22. The van der Waals surface area contributed by atoms with Gasteiger partial charge in [-0.1, -0.05) is 23.4 Å². The number of aliphatic carboxylic acids is 1. The fourth-order valence-electron chi connectivity index (χ4n) is 1.30. The molecule has 2 rings (SSSR count).